The number of aromatic nitrogens is 2. The Morgan fingerprint density at radius 1 is 1.23 bits per heavy atom. The highest BCUT2D eigenvalue weighted by atomic mass is 79.9. The molecule has 1 atom stereocenters. The summed E-state index contributed by atoms with van der Waals surface area (Å²) in [7, 11) is 0. The lowest BCUT2D eigenvalue weighted by Crippen LogP contribution is -2.21. The molecule has 4 rings (SSSR count). The summed E-state index contributed by atoms with van der Waals surface area (Å²) in [6.07, 6.45) is 1.56. The number of halogens is 3. The van der Waals surface area contributed by atoms with Crippen LogP contribution in [0.4, 0.5) is 4.39 Å². The Bertz CT molecular complexity index is 1060. The predicted molar refractivity (Wildman–Crippen MR) is 99.6 cm³/mol. The maximum absolute atomic E-state index is 14.4. The largest absolute Gasteiger partial charge is 0.452 e. The molecule has 3 aromatic rings. The topological polar surface area (TPSA) is 84.9 Å². The van der Waals surface area contributed by atoms with Crippen LogP contribution in [0.2, 0.25) is 5.15 Å². The summed E-state index contributed by atoms with van der Waals surface area (Å²) >= 11 is 9.45. The third-order valence-electron chi connectivity index (χ3n) is 4.14. The number of nitrogens with two attached hydrogens (primary N) is 1. The monoisotopic (exact) mass is 432 g/mol. The molecule has 0 radical (unpaired) electrons. The molecule has 0 saturated carbocycles. The fraction of sp³-hybridized carbons (Fsp3) is 0.0556. The molecule has 0 saturated heterocycles. The second kappa shape index (κ2) is 6.34. The number of fused-ring (bicyclic) bond motifs is 2. The summed E-state index contributed by atoms with van der Waals surface area (Å²) < 4.78 is 21.0. The van der Waals surface area contributed by atoms with Crippen molar-refractivity contribution in [2.24, 2.45) is 5.73 Å². The normalized spacial score (nSPS) is 15.0. The van der Waals surface area contributed by atoms with Gasteiger partial charge in [0.25, 0.3) is 5.95 Å². The smallest absolute Gasteiger partial charge is 0.257 e. The van der Waals surface area contributed by atoms with E-state index in [9.17, 15) is 4.39 Å². The number of pyridine rings is 2. The van der Waals surface area contributed by atoms with Gasteiger partial charge in [-0.05, 0) is 35.9 Å². The van der Waals surface area contributed by atoms with Crippen molar-refractivity contribution in [2.45, 2.75) is 5.92 Å². The minimum absolute atomic E-state index is 0.00702. The molecule has 0 aliphatic carbocycles. The van der Waals surface area contributed by atoms with Gasteiger partial charge in [-0.15, -0.1) is 0 Å². The highest BCUT2D eigenvalue weighted by Crippen LogP contribution is 2.49. The number of hydrogen-bond acceptors (Lipinski definition) is 4. The minimum Gasteiger partial charge on any atom is -0.452 e. The van der Waals surface area contributed by atoms with Crippen molar-refractivity contribution in [2.75, 3.05) is 0 Å². The molecule has 3 heterocycles. The molecule has 0 amide bonds. The van der Waals surface area contributed by atoms with E-state index in [1.165, 1.54) is 0 Å². The van der Waals surface area contributed by atoms with Crippen LogP contribution in [0.5, 0.6) is 11.5 Å². The maximum atomic E-state index is 14.4. The molecule has 0 bridgehead atoms. The first-order valence-electron chi connectivity index (χ1n) is 7.58. The van der Waals surface area contributed by atoms with Crippen LogP contribution in [-0.2, 0) is 0 Å². The van der Waals surface area contributed by atoms with E-state index in [2.05, 4.69) is 25.9 Å². The van der Waals surface area contributed by atoms with Crippen LogP contribution in [0.15, 0.2) is 47.1 Å². The van der Waals surface area contributed by atoms with Gasteiger partial charge in [-0.2, -0.15) is 4.39 Å². The number of amidine groups is 1. The maximum Gasteiger partial charge on any atom is 0.257 e. The summed E-state index contributed by atoms with van der Waals surface area (Å²) in [6, 6.07) is 10.5. The molecule has 1 unspecified atom stereocenters. The molecule has 1 aromatic carbocycles. The van der Waals surface area contributed by atoms with E-state index < -0.39 is 11.9 Å². The first-order valence-corrected chi connectivity index (χ1v) is 8.75. The summed E-state index contributed by atoms with van der Waals surface area (Å²) in [5.74, 6) is -0.932. The average molecular weight is 434 g/mol. The molecule has 2 aromatic heterocycles. The van der Waals surface area contributed by atoms with Crippen molar-refractivity contribution in [3.8, 4) is 11.5 Å². The van der Waals surface area contributed by atoms with Gasteiger partial charge < -0.3 is 10.5 Å². The van der Waals surface area contributed by atoms with Gasteiger partial charge in [-0.1, -0.05) is 33.6 Å². The molecule has 0 spiro atoms. The zero-order valence-corrected chi connectivity index (χ0v) is 15.5. The van der Waals surface area contributed by atoms with Gasteiger partial charge in [0.15, 0.2) is 5.75 Å². The Labute approximate surface area is 161 Å². The molecule has 0 fully saturated rings. The van der Waals surface area contributed by atoms with Gasteiger partial charge in [-0.25, -0.2) is 4.98 Å². The molecular formula is C18H11BrClFN4O. The number of nitrogens with one attached hydrogen (secondary N) is 1. The molecule has 1 aliphatic heterocycles. The van der Waals surface area contributed by atoms with Gasteiger partial charge in [0, 0.05) is 27.7 Å². The summed E-state index contributed by atoms with van der Waals surface area (Å²) in [5.41, 5.74) is 7.99. The van der Waals surface area contributed by atoms with E-state index in [4.69, 9.17) is 27.5 Å². The molecule has 130 valence electrons. The Kier molecular flexibility index (Phi) is 4.13. The lowest BCUT2D eigenvalue weighted by Gasteiger charge is -2.29. The van der Waals surface area contributed by atoms with Gasteiger partial charge in [0.05, 0.1) is 0 Å². The number of rotatable bonds is 2. The Hall–Kier alpha value is -2.51. The minimum atomic E-state index is -0.792. The summed E-state index contributed by atoms with van der Waals surface area (Å²) in [4.78, 5) is 7.87. The van der Waals surface area contributed by atoms with Gasteiger partial charge in [0.1, 0.15) is 22.4 Å². The van der Waals surface area contributed by atoms with Gasteiger partial charge in [-0.3, -0.25) is 10.4 Å². The quantitative estimate of drug-likeness (QED) is 0.275. The van der Waals surface area contributed by atoms with E-state index in [1.807, 2.05) is 6.07 Å². The van der Waals surface area contributed by atoms with Crippen LogP contribution in [0.3, 0.4) is 0 Å². The fourth-order valence-corrected chi connectivity index (χ4v) is 3.70. The Morgan fingerprint density at radius 3 is 2.81 bits per heavy atom. The van der Waals surface area contributed by atoms with E-state index in [-0.39, 0.29) is 16.7 Å². The third-order valence-corrected chi connectivity index (χ3v) is 4.83. The molecule has 3 N–H and O–H groups in total. The highest BCUT2D eigenvalue weighted by molar-refractivity contribution is 9.10. The van der Waals surface area contributed by atoms with Crippen LogP contribution in [0.1, 0.15) is 28.3 Å². The molecule has 26 heavy (non-hydrogen) atoms. The Balaban J connectivity index is 2.06. The fourth-order valence-electron chi connectivity index (χ4n) is 3.13. The summed E-state index contributed by atoms with van der Waals surface area (Å²) in [5, 5.41) is 7.87. The first kappa shape index (κ1) is 16.9. The van der Waals surface area contributed by atoms with Gasteiger partial charge in [0.2, 0.25) is 0 Å². The van der Waals surface area contributed by atoms with Crippen LogP contribution >= 0.6 is 27.5 Å². The lowest BCUT2D eigenvalue weighted by atomic mass is 9.82. The van der Waals surface area contributed by atoms with Crippen molar-refractivity contribution < 1.29 is 9.13 Å². The number of nitrogen functional groups attached to an aromatic ring is 1. The lowest BCUT2D eigenvalue weighted by molar-refractivity contribution is 0.405. The molecular weight excluding hydrogens is 423 g/mol. The zero-order valence-electron chi connectivity index (χ0n) is 13.1. The van der Waals surface area contributed by atoms with Crippen LogP contribution < -0.4 is 10.5 Å². The van der Waals surface area contributed by atoms with E-state index in [0.717, 1.165) is 10.0 Å². The number of ether oxygens (including phenoxy) is 1. The SMILES string of the molecule is N=C(N)c1ncccc1C1c2cc(Br)ccc2Oc2c1cc(Cl)nc2F. The second-order valence-corrected chi connectivity index (χ2v) is 7.03. The van der Waals surface area contributed by atoms with Crippen molar-refractivity contribution in [1.82, 2.24) is 9.97 Å². The third kappa shape index (κ3) is 2.73. The van der Waals surface area contributed by atoms with E-state index >= 15 is 0 Å². The van der Waals surface area contributed by atoms with E-state index in [1.54, 1.807) is 36.5 Å². The van der Waals surface area contributed by atoms with Crippen LogP contribution in [-0.4, -0.2) is 15.8 Å². The second-order valence-electron chi connectivity index (χ2n) is 5.73. The predicted octanol–water partition coefficient (Wildman–Crippen LogP) is 4.60. The van der Waals surface area contributed by atoms with Crippen LogP contribution in [0.25, 0.3) is 0 Å². The number of hydrogen-bond donors (Lipinski definition) is 2. The Morgan fingerprint density at radius 2 is 2.04 bits per heavy atom. The molecule has 8 heteroatoms. The van der Waals surface area contributed by atoms with Crippen molar-refractivity contribution >= 4 is 33.4 Å². The first-order chi connectivity index (χ1) is 12.5. The van der Waals surface area contributed by atoms with E-state index in [0.29, 0.717) is 22.6 Å². The highest BCUT2D eigenvalue weighted by Gasteiger charge is 2.34. The summed E-state index contributed by atoms with van der Waals surface area (Å²) in [6.45, 7) is 0. The molecule has 1 aliphatic rings. The van der Waals surface area contributed by atoms with Crippen LogP contribution in [0, 0.1) is 11.4 Å². The zero-order chi connectivity index (χ0) is 18.4. The standard InChI is InChI=1S/C18H11BrClFN4O/c19-8-3-4-12-10(6-8)14(9-2-1-5-24-15(9)18(22)23)11-7-13(20)25-17(21)16(11)26-12/h1-7,14H,(H3,22,23). The average Bonchev–Trinajstić information content (AvgIpc) is 2.60. The molecule has 5 nitrogen and oxygen atoms in total. The van der Waals surface area contributed by atoms with Gasteiger partial charge >= 0.3 is 0 Å². The van der Waals surface area contributed by atoms with Crippen molar-refractivity contribution in [1.29, 1.82) is 5.41 Å². The van der Waals surface area contributed by atoms with Crippen molar-refractivity contribution in [3.05, 3.63) is 80.6 Å². The van der Waals surface area contributed by atoms with Crippen molar-refractivity contribution in [3.63, 3.8) is 0 Å². The number of nitrogens with zero attached hydrogens (tertiary/aromatic N) is 2. The number of benzene rings is 1.